The Labute approximate surface area is 107 Å². The average molecular weight is 228 g/mol. The van der Waals surface area contributed by atoms with Crippen molar-refractivity contribution in [1.29, 1.82) is 0 Å². The molecular weight excluding hydrogens is 216 g/mol. The largest absolute Gasteiger partial charge is 0.115 e. The number of fused-ring (bicyclic) bond motifs is 1. The minimum atomic E-state index is 0.949. The van der Waals surface area contributed by atoms with Crippen LogP contribution in [0.3, 0.4) is 0 Å². The first-order valence-electron chi connectivity index (χ1n) is 5.94. The van der Waals surface area contributed by atoms with Gasteiger partial charge in [-0.1, -0.05) is 66.6 Å². The van der Waals surface area contributed by atoms with Crippen LogP contribution in [0, 0.1) is 12.3 Å². The van der Waals surface area contributed by atoms with Crippen molar-refractivity contribution >= 4 is 10.8 Å². The standard InChI is InChI=1S/C18H12/c1-2-14-12-13-17(15-8-4-3-5-9-15)18-11-7-6-10-16(14)18/h1,3-13H. The fourth-order valence-electron chi connectivity index (χ4n) is 2.29. The second-order valence-electron chi connectivity index (χ2n) is 4.22. The summed E-state index contributed by atoms with van der Waals surface area (Å²) in [6.45, 7) is 0. The molecule has 0 nitrogen and oxygen atoms in total. The van der Waals surface area contributed by atoms with Crippen molar-refractivity contribution in [1.82, 2.24) is 0 Å². The summed E-state index contributed by atoms with van der Waals surface area (Å²) in [7, 11) is 0. The van der Waals surface area contributed by atoms with Crippen LogP contribution in [0.1, 0.15) is 5.56 Å². The molecule has 0 bridgehead atoms. The molecule has 0 atom stereocenters. The van der Waals surface area contributed by atoms with E-state index in [1.54, 1.807) is 0 Å². The zero-order valence-electron chi connectivity index (χ0n) is 9.93. The van der Waals surface area contributed by atoms with Crippen molar-refractivity contribution < 1.29 is 0 Å². The van der Waals surface area contributed by atoms with Gasteiger partial charge in [-0.05, 0) is 28.0 Å². The minimum Gasteiger partial charge on any atom is -0.115 e. The van der Waals surface area contributed by atoms with Gasteiger partial charge in [0, 0.05) is 5.56 Å². The van der Waals surface area contributed by atoms with Crippen LogP contribution >= 0.6 is 0 Å². The molecule has 3 aromatic rings. The predicted molar refractivity (Wildman–Crippen MR) is 77.3 cm³/mol. The molecular formula is C18H12. The molecule has 3 aromatic carbocycles. The van der Waals surface area contributed by atoms with E-state index in [1.807, 2.05) is 18.2 Å². The van der Waals surface area contributed by atoms with Crippen molar-refractivity contribution in [2.75, 3.05) is 0 Å². The Morgan fingerprint density at radius 1 is 0.667 bits per heavy atom. The molecule has 0 N–H and O–H groups in total. The van der Waals surface area contributed by atoms with E-state index in [1.165, 1.54) is 16.5 Å². The van der Waals surface area contributed by atoms with E-state index in [0.717, 1.165) is 10.9 Å². The van der Waals surface area contributed by atoms with E-state index in [-0.39, 0.29) is 0 Å². The summed E-state index contributed by atoms with van der Waals surface area (Å²) in [4.78, 5) is 0. The molecule has 0 saturated heterocycles. The molecule has 0 aliphatic heterocycles. The zero-order chi connectivity index (χ0) is 12.4. The number of benzene rings is 3. The Hall–Kier alpha value is -2.52. The quantitative estimate of drug-likeness (QED) is 0.538. The number of hydrogen-bond donors (Lipinski definition) is 0. The maximum atomic E-state index is 5.55. The van der Waals surface area contributed by atoms with Crippen molar-refractivity contribution in [2.24, 2.45) is 0 Å². The number of terminal acetylenes is 1. The van der Waals surface area contributed by atoms with Crippen molar-refractivity contribution in [2.45, 2.75) is 0 Å². The highest BCUT2D eigenvalue weighted by atomic mass is 14.1. The van der Waals surface area contributed by atoms with Crippen molar-refractivity contribution in [3.63, 3.8) is 0 Å². The Morgan fingerprint density at radius 2 is 1.33 bits per heavy atom. The maximum Gasteiger partial charge on any atom is 0.0321 e. The van der Waals surface area contributed by atoms with E-state index < -0.39 is 0 Å². The summed E-state index contributed by atoms with van der Waals surface area (Å²) in [5.41, 5.74) is 3.40. The van der Waals surface area contributed by atoms with E-state index >= 15 is 0 Å². The van der Waals surface area contributed by atoms with E-state index in [0.29, 0.717) is 0 Å². The third-order valence-electron chi connectivity index (χ3n) is 3.16. The van der Waals surface area contributed by atoms with Crippen LogP contribution in [0.15, 0.2) is 66.7 Å². The van der Waals surface area contributed by atoms with Crippen LogP contribution in [0.25, 0.3) is 21.9 Å². The Morgan fingerprint density at radius 3 is 2.06 bits per heavy atom. The van der Waals surface area contributed by atoms with Gasteiger partial charge >= 0.3 is 0 Å². The fourth-order valence-corrected chi connectivity index (χ4v) is 2.29. The molecule has 0 heteroatoms. The summed E-state index contributed by atoms with van der Waals surface area (Å²) in [5.74, 6) is 2.75. The fraction of sp³-hybridized carbons (Fsp3) is 0. The second kappa shape index (κ2) is 4.39. The third kappa shape index (κ3) is 1.67. The lowest BCUT2D eigenvalue weighted by molar-refractivity contribution is 1.64. The minimum absolute atomic E-state index is 0.949. The van der Waals surface area contributed by atoms with Gasteiger partial charge in [-0.25, -0.2) is 0 Å². The Bertz CT molecular complexity index is 731. The monoisotopic (exact) mass is 228 g/mol. The zero-order valence-corrected chi connectivity index (χ0v) is 9.93. The van der Waals surface area contributed by atoms with Gasteiger partial charge in [0.2, 0.25) is 0 Å². The molecule has 0 heterocycles. The van der Waals surface area contributed by atoms with Crippen molar-refractivity contribution in [3.8, 4) is 23.5 Å². The van der Waals surface area contributed by atoms with Crippen LogP contribution in [0.4, 0.5) is 0 Å². The lowest BCUT2D eigenvalue weighted by Crippen LogP contribution is -1.84. The molecule has 84 valence electrons. The molecule has 0 fully saturated rings. The van der Waals surface area contributed by atoms with E-state index in [2.05, 4.69) is 54.5 Å². The van der Waals surface area contributed by atoms with Gasteiger partial charge in [0.25, 0.3) is 0 Å². The van der Waals surface area contributed by atoms with Gasteiger partial charge in [0.1, 0.15) is 0 Å². The first kappa shape index (κ1) is 10.6. The first-order chi connectivity index (χ1) is 8.90. The summed E-state index contributed by atoms with van der Waals surface area (Å²) in [6, 6.07) is 22.8. The van der Waals surface area contributed by atoms with Crippen LogP contribution in [0.2, 0.25) is 0 Å². The van der Waals surface area contributed by atoms with Crippen molar-refractivity contribution in [3.05, 3.63) is 72.3 Å². The lowest BCUT2D eigenvalue weighted by Gasteiger charge is -2.08. The summed E-state index contributed by atoms with van der Waals surface area (Å²) >= 11 is 0. The Balaban J connectivity index is 2.36. The lowest BCUT2D eigenvalue weighted by atomic mass is 9.95. The van der Waals surface area contributed by atoms with E-state index in [4.69, 9.17) is 6.42 Å². The van der Waals surface area contributed by atoms with Crippen LogP contribution in [0.5, 0.6) is 0 Å². The van der Waals surface area contributed by atoms with Gasteiger partial charge < -0.3 is 0 Å². The van der Waals surface area contributed by atoms with E-state index in [9.17, 15) is 0 Å². The molecule has 0 amide bonds. The first-order valence-corrected chi connectivity index (χ1v) is 5.94. The summed E-state index contributed by atoms with van der Waals surface area (Å²) in [5, 5.41) is 2.35. The topological polar surface area (TPSA) is 0 Å². The molecule has 0 aliphatic rings. The normalized spacial score (nSPS) is 10.2. The van der Waals surface area contributed by atoms with Crippen LogP contribution < -0.4 is 0 Å². The third-order valence-corrected chi connectivity index (χ3v) is 3.16. The molecule has 0 radical (unpaired) electrons. The molecule has 0 aromatic heterocycles. The molecule has 0 saturated carbocycles. The molecule has 3 rings (SSSR count). The smallest absolute Gasteiger partial charge is 0.0321 e. The average Bonchev–Trinajstić information content (AvgIpc) is 2.47. The highest BCUT2D eigenvalue weighted by Gasteiger charge is 2.05. The van der Waals surface area contributed by atoms with Crippen LogP contribution in [-0.4, -0.2) is 0 Å². The van der Waals surface area contributed by atoms with Gasteiger partial charge in [0.05, 0.1) is 0 Å². The number of rotatable bonds is 1. The van der Waals surface area contributed by atoms with Gasteiger partial charge in [-0.2, -0.15) is 0 Å². The van der Waals surface area contributed by atoms with Gasteiger partial charge in [-0.15, -0.1) is 6.42 Å². The maximum absolute atomic E-state index is 5.55. The summed E-state index contributed by atoms with van der Waals surface area (Å²) in [6.07, 6.45) is 5.55. The van der Waals surface area contributed by atoms with Crippen LogP contribution in [-0.2, 0) is 0 Å². The molecule has 0 unspecified atom stereocenters. The summed E-state index contributed by atoms with van der Waals surface area (Å²) < 4.78 is 0. The number of hydrogen-bond acceptors (Lipinski definition) is 0. The highest BCUT2D eigenvalue weighted by Crippen LogP contribution is 2.30. The SMILES string of the molecule is C#Cc1ccc(-c2ccccc2)c2ccccc12. The molecule has 18 heavy (non-hydrogen) atoms. The second-order valence-corrected chi connectivity index (χ2v) is 4.22. The molecule has 0 spiro atoms. The van der Waals surface area contributed by atoms with Gasteiger partial charge in [0.15, 0.2) is 0 Å². The Kier molecular flexibility index (Phi) is 2.59. The molecule has 0 aliphatic carbocycles. The predicted octanol–water partition coefficient (Wildman–Crippen LogP) is 4.49. The van der Waals surface area contributed by atoms with Gasteiger partial charge in [-0.3, -0.25) is 0 Å². The highest BCUT2D eigenvalue weighted by molar-refractivity contribution is 5.99.